The van der Waals surface area contributed by atoms with Crippen LogP contribution in [0.25, 0.3) is 0 Å². The molecule has 0 aliphatic rings. The largest absolute Gasteiger partial charge is 0.493 e. The standard InChI is InChI=1S/C20H24N2O5S/c1-5-26-20(25)15-12(4)16(17(21)23)28-19(15)22-18(24)13-6-8-14(9-7-13)27-10-11(2)3/h6-9,11H,5,10H2,1-4H3,(H2,21,23)(H,22,24). The van der Waals surface area contributed by atoms with Gasteiger partial charge in [-0.05, 0) is 49.6 Å². The van der Waals surface area contributed by atoms with Gasteiger partial charge in [0.05, 0.1) is 23.7 Å². The van der Waals surface area contributed by atoms with Crippen LogP contribution in [0.5, 0.6) is 5.75 Å². The van der Waals surface area contributed by atoms with Gasteiger partial charge in [-0.2, -0.15) is 0 Å². The van der Waals surface area contributed by atoms with Crippen molar-refractivity contribution in [3.63, 3.8) is 0 Å². The Kier molecular flexibility index (Phi) is 7.17. The molecule has 0 unspecified atom stereocenters. The van der Waals surface area contributed by atoms with E-state index in [0.29, 0.717) is 29.4 Å². The lowest BCUT2D eigenvalue weighted by Gasteiger charge is -2.10. The van der Waals surface area contributed by atoms with Crippen LogP contribution in [0.15, 0.2) is 24.3 Å². The number of benzene rings is 1. The van der Waals surface area contributed by atoms with E-state index in [1.54, 1.807) is 38.1 Å². The second-order valence-electron chi connectivity index (χ2n) is 6.53. The number of amides is 2. The number of primary amides is 1. The van der Waals surface area contributed by atoms with Gasteiger partial charge in [0.15, 0.2) is 0 Å². The van der Waals surface area contributed by atoms with Crippen molar-refractivity contribution >= 4 is 34.1 Å². The number of nitrogens with one attached hydrogen (secondary N) is 1. The molecule has 2 rings (SSSR count). The first-order valence-electron chi connectivity index (χ1n) is 8.89. The molecule has 3 N–H and O–H groups in total. The Morgan fingerprint density at radius 1 is 1.18 bits per heavy atom. The normalized spacial score (nSPS) is 10.6. The van der Waals surface area contributed by atoms with Crippen molar-refractivity contribution in [1.29, 1.82) is 0 Å². The highest BCUT2D eigenvalue weighted by Crippen LogP contribution is 2.34. The van der Waals surface area contributed by atoms with E-state index in [0.717, 1.165) is 11.3 Å². The summed E-state index contributed by atoms with van der Waals surface area (Å²) in [5.41, 5.74) is 6.30. The summed E-state index contributed by atoms with van der Waals surface area (Å²) in [7, 11) is 0. The maximum absolute atomic E-state index is 12.6. The Labute approximate surface area is 167 Å². The summed E-state index contributed by atoms with van der Waals surface area (Å²) in [4.78, 5) is 36.7. The van der Waals surface area contributed by atoms with Crippen molar-refractivity contribution in [1.82, 2.24) is 0 Å². The molecular formula is C20H24N2O5S. The lowest BCUT2D eigenvalue weighted by Crippen LogP contribution is -2.15. The van der Waals surface area contributed by atoms with Crippen LogP contribution in [0.2, 0.25) is 0 Å². The molecule has 0 spiro atoms. The minimum Gasteiger partial charge on any atom is -0.493 e. The lowest BCUT2D eigenvalue weighted by atomic mass is 10.1. The Morgan fingerprint density at radius 2 is 1.82 bits per heavy atom. The third-order valence-electron chi connectivity index (χ3n) is 3.78. The number of carbonyl (C=O) groups is 3. The summed E-state index contributed by atoms with van der Waals surface area (Å²) in [6.45, 7) is 8.12. The third kappa shape index (κ3) is 5.10. The molecule has 28 heavy (non-hydrogen) atoms. The topological polar surface area (TPSA) is 108 Å². The van der Waals surface area contributed by atoms with Gasteiger partial charge in [0.1, 0.15) is 10.8 Å². The average molecular weight is 404 g/mol. The van der Waals surface area contributed by atoms with E-state index >= 15 is 0 Å². The van der Waals surface area contributed by atoms with Gasteiger partial charge in [0, 0.05) is 5.56 Å². The zero-order valence-corrected chi connectivity index (χ0v) is 17.1. The fourth-order valence-electron chi connectivity index (χ4n) is 2.43. The smallest absolute Gasteiger partial charge is 0.341 e. The second kappa shape index (κ2) is 9.36. The molecule has 1 aromatic heterocycles. The molecule has 0 fully saturated rings. The molecule has 0 atom stereocenters. The van der Waals surface area contributed by atoms with Crippen molar-refractivity contribution in [2.24, 2.45) is 11.7 Å². The number of carbonyl (C=O) groups excluding carboxylic acids is 3. The number of rotatable bonds is 8. The van der Waals surface area contributed by atoms with E-state index in [1.807, 2.05) is 13.8 Å². The van der Waals surface area contributed by atoms with Crippen LogP contribution in [0.4, 0.5) is 5.00 Å². The second-order valence-corrected chi connectivity index (χ2v) is 7.55. The molecule has 0 bridgehead atoms. The Hall–Kier alpha value is -2.87. The number of hydrogen-bond donors (Lipinski definition) is 2. The molecule has 0 aliphatic heterocycles. The lowest BCUT2D eigenvalue weighted by molar-refractivity contribution is 0.0527. The van der Waals surface area contributed by atoms with E-state index in [2.05, 4.69) is 5.32 Å². The zero-order valence-electron chi connectivity index (χ0n) is 16.3. The van der Waals surface area contributed by atoms with E-state index in [4.69, 9.17) is 15.2 Å². The van der Waals surface area contributed by atoms with Crippen molar-refractivity contribution in [3.8, 4) is 5.75 Å². The van der Waals surface area contributed by atoms with Crippen molar-refractivity contribution in [2.45, 2.75) is 27.7 Å². The van der Waals surface area contributed by atoms with Gasteiger partial charge in [-0.1, -0.05) is 13.8 Å². The SMILES string of the molecule is CCOC(=O)c1c(NC(=O)c2ccc(OCC(C)C)cc2)sc(C(N)=O)c1C. The minimum absolute atomic E-state index is 0.144. The van der Waals surface area contributed by atoms with Crippen LogP contribution >= 0.6 is 11.3 Å². The molecule has 2 aromatic rings. The molecule has 2 amide bonds. The highest BCUT2D eigenvalue weighted by Gasteiger charge is 2.25. The van der Waals surface area contributed by atoms with Crippen LogP contribution in [-0.4, -0.2) is 31.0 Å². The van der Waals surface area contributed by atoms with Crippen LogP contribution in [-0.2, 0) is 4.74 Å². The van der Waals surface area contributed by atoms with E-state index < -0.39 is 17.8 Å². The third-order valence-corrected chi connectivity index (χ3v) is 5.00. The fourth-order valence-corrected chi connectivity index (χ4v) is 3.47. The molecule has 1 aromatic carbocycles. The number of anilines is 1. The first-order valence-corrected chi connectivity index (χ1v) is 9.70. The predicted octanol–water partition coefficient (Wildman–Crippen LogP) is 3.62. The maximum atomic E-state index is 12.6. The Morgan fingerprint density at radius 3 is 2.36 bits per heavy atom. The quantitative estimate of drug-likeness (QED) is 0.653. The summed E-state index contributed by atoms with van der Waals surface area (Å²) in [6.07, 6.45) is 0. The summed E-state index contributed by atoms with van der Waals surface area (Å²) in [6, 6.07) is 6.67. The van der Waals surface area contributed by atoms with Crippen LogP contribution in [0, 0.1) is 12.8 Å². The van der Waals surface area contributed by atoms with Gasteiger partial charge in [0.2, 0.25) is 0 Å². The van der Waals surface area contributed by atoms with Gasteiger partial charge >= 0.3 is 5.97 Å². The average Bonchev–Trinajstić information content (AvgIpc) is 2.96. The molecule has 150 valence electrons. The Balaban J connectivity index is 2.24. The molecule has 0 saturated carbocycles. The molecule has 0 aliphatic carbocycles. The molecule has 0 saturated heterocycles. The first-order chi connectivity index (χ1) is 13.2. The van der Waals surface area contributed by atoms with Gasteiger partial charge < -0.3 is 20.5 Å². The van der Waals surface area contributed by atoms with E-state index in [1.165, 1.54) is 0 Å². The highest BCUT2D eigenvalue weighted by molar-refractivity contribution is 7.18. The molecule has 7 nitrogen and oxygen atoms in total. The molecular weight excluding hydrogens is 380 g/mol. The predicted molar refractivity (Wildman–Crippen MR) is 108 cm³/mol. The number of esters is 1. The highest BCUT2D eigenvalue weighted by atomic mass is 32.1. The van der Waals surface area contributed by atoms with E-state index in [9.17, 15) is 14.4 Å². The first kappa shape index (κ1) is 21.4. The maximum Gasteiger partial charge on any atom is 0.341 e. The number of nitrogens with two attached hydrogens (primary N) is 1. The number of hydrogen-bond acceptors (Lipinski definition) is 6. The van der Waals surface area contributed by atoms with Gasteiger partial charge in [-0.25, -0.2) is 4.79 Å². The van der Waals surface area contributed by atoms with Crippen molar-refractivity contribution < 1.29 is 23.9 Å². The summed E-state index contributed by atoms with van der Waals surface area (Å²) in [5, 5.41) is 2.91. The molecule has 0 radical (unpaired) electrons. The summed E-state index contributed by atoms with van der Waals surface area (Å²) < 4.78 is 10.6. The fraction of sp³-hybridized carbons (Fsp3) is 0.350. The van der Waals surface area contributed by atoms with Crippen LogP contribution in [0.1, 0.15) is 56.7 Å². The van der Waals surface area contributed by atoms with Gasteiger partial charge in [-0.3, -0.25) is 9.59 Å². The minimum atomic E-state index is -0.666. The summed E-state index contributed by atoms with van der Waals surface area (Å²) in [5.74, 6) is -0.638. The molecule has 1 heterocycles. The monoisotopic (exact) mass is 404 g/mol. The number of thiophene rings is 1. The van der Waals surface area contributed by atoms with Gasteiger partial charge in [0.25, 0.3) is 11.8 Å². The van der Waals surface area contributed by atoms with Crippen molar-refractivity contribution in [3.05, 3.63) is 45.8 Å². The van der Waals surface area contributed by atoms with Crippen molar-refractivity contribution in [2.75, 3.05) is 18.5 Å². The molecule has 8 heteroatoms. The van der Waals surface area contributed by atoms with E-state index in [-0.39, 0.29) is 22.0 Å². The van der Waals surface area contributed by atoms with Crippen LogP contribution in [0.3, 0.4) is 0 Å². The van der Waals surface area contributed by atoms with Gasteiger partial charge in [-0.15, -0.1) is 11.3 Å². The summed E-state index contributed by atoms with van der Waals surface area (Å²) >= 11 is 0.954. The van der Waals surface area contributed by atoms with Crippen LogP contribution < -0.4 is 15.8 Å². The Bertz CT molecular complexity index is 871. The number of ether oxygens (including phenoxy) is 2. The zero-order chi connectivity index (χ0) is 20.8.